The molecule has 3 nitrogen and oxygen atoms in total. The summed E-state index contributed by atoms with van der Waals surface area (Å²) in [5, 5.41) is 3.13. The van der Waals surface area contributed by atoms with Crippen LogP contribution in [0.1, 0.15) is 31.4 Å². The molecule has 2 aromatic carbocycles. The first-order chi connectivity index (χ1) is 12.7. The highest BCUT2D eigenvalue weighted by Crippen LogP contribution is 2.35. The Bertz CT molecular complexity index is 682. The van der Waals surface area contributed by atoms with Gasteiger partial charge < -0.3 is 10.2 Å². The van der Waals surface area contributed by atoms with Gasteiger partial charge in [-0.2, -0.15) is 0 Å². The van der Waals surface area contributed by atoms with Crippen LogP contribution in [0.4, 0.5) is 0 Å². The molecule has 0 unspecified atom stereocenters. The Morgan fingerprint density at radius 3 is 1.89 bits per heavy atom. The number of terminal acetylenes is 1. The zero-order valence-electron chi connectivity index (χ0n) is 16.2. The molecule has 144 valence electrons. The molecule has 2 aromatic rings. The quantitative estimate of drug-likeness (QED) is 0.665. The van der Waals surface area contributed by atoms with Crippen LogP contribution < -0.4 is 5.32 Å². The molecule has 0 aliphatic carbocycles. The Balaban J connectivity index is 0.00000364. The van der Waals surface area contributed by atoms with Crippen LogP contribution in [0.3, 0.4) is 0 Å². The van der Waals surface area contributed by atoms with Crippen LogP contribution in [0.5, 0.6) is 0 Å². The molecular weight excluding hydrogens is 356 g/mol. The van der Waals surface area contributed by atoms with Crippen molar-refractivity contribution >= 4 is 18.3 Å². The summed E-state index contributed by atoms with van der Waals surface area (Å²) >= 11 is 0. The maximum Gasteiger partial charge on any atom is 0.236 e. The number of nitrogens with zero attached hydrogens (tertiary/aromatic N) is 1. The molecule has 27 heavy (non-hydrogen) atoms. The summed E-state index contributed by atoms with van der Waals surface area (Å²) < 4.78 is 0. The smallest absolute Gasteiger partial charge is 0.236 e. The van der Waals surface area contributed by atoms with Crippen molar-refractivity contribution in [3.63, 3.8) is 0 Å². The van der Waals surface area contributed by atoms with Crippen LogP contribution in [0.2, 0.25) is 0 Å². The predicted molar refractivity (Wildman–Crippen MR) is 115 cm³/mol. The van der Waals surface area contributed by atoms with E-state index in [0.29, 0.717) is 13.0 Å². The molecule has 1 amide bonds. The molecule has 0 heterocycles. The SMILES string of the molecule is C#CCC(C(=O)NCCN(CC)CC)(c1ccccc1)c1ccccc1.Cl. The summed E-state index contributed by atoms with van der Waals surface area (Å²) in [5.74, 6) is 2.70. The fourth-order valence-electron chi connectivity index (χ4n) is 3.33. The summed E-state index contributed by atoms with van der Waals surface area (Å²) in [5.41, 5.74) is 0.967. The van der Waals surface area contributed by atoms with Crippen molar-refractivity contribution < 1.29 is 4.79 Å². The first-order valence-corrected chi connectivity index (χ1v) is 9.24. The zero-order chi connectivity index (χ0) is 18.8. The van der Waals surface area contributed by atoms with Crippen molar-refractivity contribution in [3.8, 4) is 12.3 Å². The highest BCUT2D eigenvalue weighted by Gasteiger charge is 2.41. The fourth-order valence-corrected chi connectivity index (χ4v) is 3.33. The second-order valence-corrected chi connectivity index (χ2v) is 6.30. The Morgan fingerprint density at radius 2 is 1.48 bits per heavy atom. The highest BCUT2D eigenvalue weighted by atomic mass is 35.5. The van der Waals surface area contributed by atoms with Gasteiger partial charge in [-0.05, 0) is 24.2 Å². The molecule has 1 N–H and O–H groups in total. The normalized spacial score (nSPS) is 10.7. The van der Waals surface area contributed by atoms with Crippen molar-refractivity contribution in [2.24, 2.45) is 0 Å². The molecular formula is C23H29ClN2O. The third-order valence-electron chi connectivity index (χ3n) is 4.90. The lowest BCUT2D eigenvalue weighted by atomic mass is 9.71. The van der Waals surface area contributed by atoms with E-state index in [1.807, 2.05) is 60.7 Å². The van der Waals surface area contributed by atoms with Crippen LogP contribution >= 0.6 is 12.4 Å². The number of hydrogen-bond acceptors (Lipinski definition) is 2. The van der Waals surface area contributed by atoms with Gasteiger partial charge in [0.25, 0.3) is 0 Å². The lowest BCUT2D eigenvalue weighted by molar-refractivity contribution is -0.125. The Hall–Kier alpha value is -2.28. The monoisotopic (exact) mass is 384 g/mol. The number of rotatable bonds is 9. The van der Waals surface area contributed by atoms with Crippen molar-refractivity contribution in [3.05, 3.63) is 71.8 Å². The predicted octanol–water partition coefficient (Wildman–Crippen LogP) is 3.88. The molecule has 2 rings (SSSR count). The number of carbonyl (C=O) groups excluding carboxylic acids is 1. The molecule has 4 heteroatoms. The average molecular weight is 385 g/mol. The van der Waals surface area contributed by atoms with Gasteiger partial charge in [-0.3, -0.25) is 4.79 Å². The van der Waals surface area contributed by atoms with E-state index < -0.39 is 5.41 Å². The van der Waals surface area contributed by atoms with Gasteiger partial charge >= 0.3 is 0 Å². The van der Waals surface area contributed by atoms with E-state index in [-0.39, 0.29) is 18.3 Å². The van der Waals surface area contributed by atoms with Gasteiger partial charge in [0.1, 0.15) is 5.41 Å². The van der Waals surface area contributed by atoms with Gasteiger partial charge in [0.2, 0.25) is 5.91 Å². The lowest BCUT2D eigenvalue weighted by Gasteiger charge is -2.32. The fraction of sp³-hybridized carbons (Fsp3) is 0.348. The van der Waals surface area contributed by atoms with Crippen LogP contribution in [-0.4, -0.2) is 37.0 Å². The van der Waals surface area contributed by atoms with Gasteiger partial charge in [-0.25, -0.2) is 0 Å². The summed E-state index contributed by atoms with van der Waals surface area (Å²) in [7, 11) is 0. The zero-order valence-corrected chi connectivity index (χ0v) is 17.0. The van der Waals surface area contributed by atoms with E-state index in [0.717, 1.165) is 30.8 Å². The number of likely N-dealkylation sites (N-methyl/N-ethyl adjacent to an activating group) is 1. The largest absolute Gasteiger partial charge is 0.354 e. The van der Waals surface area contributed by atoms with Gasteiger partial charge in [0, 0.05) is 19.5 Å². The molecule has 0 aromatic heterocycles. The molecule has 0 aliphatic rings. The third kappa shape index (κ3) is 5.35. The standard InChI is InChI=1S/C23H28N2O.ClH/c1-4-17-23(20-13-9-7-10-14-20,21-15-11-8-12-16-21)22(26)24-18-19-25(5-2)6-3;/h1,7-16H,5-6,17-19H2,2-3H3,(H,24,26);1H. The molecule has 0 saturated carbocycles. The minimum absolute atomic E-state index is 0. The second-order valence-electron chi connectivity index (χ2n) is 6.30. The second kappa shape index (κ2) is 11.4. The summed E-state index contributed by atoms with van der Waals surface area (Å²) in [6.07, 6.45) is 6.03. The maximum atomic E-state index is 13.4. The Morgan fingerprint density at radius 1 is 1.00 bits per heavy atom. The first kappa shape index (κ1) is 22.8. The van der Waals surface area contributed by atoms with Crippen LogP contribution in [0.15, 0.2) is 60.7 Å². The number of hydrogen-bond donors (Lipinski definition) is 1. The lowest BCUT2D eigenvalue weighted by Crippen LogP contribution is -2.47. The topological polar surface area (TPSA) is 32.3 Å². The minimum atomic E-state index is -0.874. The first-order valence-electron chi connectivity index (χ1n) is 9.24. The summed E-state index contributed by atoms with van der Waals surface area (Å²) in [6.45, 7) is 7.63. The Kier molecular flexibility index (Phi) is 9.64. The third-order valence-corrected chi connectivity index (χ3v) is 4.90. The van der Waals surface area contributed by atoms with Gasteiger partial charge in [-0.15, -0.1) is 24.8 Å². The van der Waals surface area contributed by atoms with Crippen molar-refractivity contribution in [1.82, 2.24) is 10.2 Å². The number of amides is 1. The van der Waals surface area contributed by atoms with Gasteiger partial charge in [0.15, 0.2) is 0 Å². The summed E-state index contributed by atoms with van der Waals surface area (Å²) in [4.78, 5) is 15.7. The van der Waals surface area contributed by atoms with E-state index in [4.69, 9.17) is 6.42 Å². The van der Waals surface area contributed by atoms with E-state index in [1.54, 1.807) is 0 Å². The van der Waals surface area contributed by atoms with Crippen molar-refractivity contribution in [2.45, 2.75) is 25.7 Å². The molecule has 0 saturated heterocycles. The number of benzene rings is 2. The van der Waals surface area contributed by atoms with E-state index in [9.17, 15) is 4.79 Å². The van der Waals surface area contributed by atoms with E-state index >= 15 is 0 Å². The Labute approximate surface area is 169 Å². The van der Waals surface area contributed by atoms with Crippen LogP contribution in [-0.2, 0) is 10.2 Å². The van der Waals surface area contributed by atoms with Crippen LogP contribution in [0, 0.1) is 12.3 Å². The molecule has 0 aliphatic heterocycles. The average Bonchev–Trinajstić information content (AvgIpc) is 2.70. The number of nitrogens with one attached hydrogen (secondary N) is 1. The van der Waals surface area contributed by atoms with Crippen molar-refractivity contribution in [2.75, 3.05) is 26.2 Å². The van der Waals surface area contributed by atoms with E-state index in [2.05, 4.69) is 30.0 Å². The highest BCUT2D eigenvalue weighted by molar-refractivity contribution is 5.92. The van der Waals surface area contributed by atoms with E-state index in [1.165, 1.54) is 0 Å². The molecule has 0 fully saturated rings. The summed E-state index contributed by atoms with van der Waals surface area (Å²) in [6, 6.07) is 19.6. The van der Waals surface area contributed by atoms with Gasteiger partial charge in [-0.1, -0.05) is 74.5 Å². The number of halogens is 1. The maximum absolute atomic E-state index is 13.4. The van der Waals surface area contributed by atoms with Gasteiger partial charge in [0.05, 0.1) is 0 Å². The molecule has 0 spiro atoms. The number of carbonyl (C=O) groups is 1. The molecule has 0 radical (unpaired) electrons. The molecule has 0 atom stereocenters. The minimum Gasteiger partial charge on any atom is -0.354 e. The molecule has 0 bridgehead atoms. The van der Waals surface area contributed by atoms with Crippen molar-refractivity contribution in [1.29, 1.82) is 0 Å². The van der Waals surface area contributed by atoms with Crippen LogP contribution in [0.25, 0.3) is 0 Å².